The van der Waals surface area contributed by atoms with Crippen LogP contribution < -0.4 is 0 Å². The second-order valence-corrected chi connectivity index (χ2v) is 9.07. The molecular formula is C23H20BrClN2O2. The van der Waals surface area contributed by atoms with Gasteiger partial charge < -0.3 is 9.80 Å². The van der Waals surface area contributed by atoms with Gasteiger partial charge in [-0.25, -0.2) is 0 Å². The maximum absolute atomic E-state index is 12.6. The van der Waals surface area contributed by atoms with E-state index in [-0.39, 0.29) is 17.2 Å². The summed E-state index contributed by atoms with van der Waals surface area (Å²) < 4.78 is 0.986. The van der Waals surface area contributed by atoms with Gasteiger partial charge >= 0.3 is 0 Å². The van der Waals surface area contributed by atoms with E-state index in [1.165, 1.54) is 0 Å². The minimum absolute atomic E-state index is 0.0455. The number of likely N-dealkylation sites (tertiary alicyclic amines) is 2. The third-order valence-corrected chi connectivity index (χ3v) is 6.48. The standard InChI is InChI=1S/C23H20BrClN2O2/c24-19-6-1-17(2-7-19)3-10-21(28)27-15-23(16-27)11-13-26(14-12-23)22(29)18-4-8-20(25)9-5-18/h1-2,4-9H,11-16H2. The molecular weight excluding hydrogens is 452 g/mol. The molecule has 0 aromatic heterocycles. The molecule has 0 bridgehead atoms. The van der Waals surface area contributed by atoms with Gasteiger partial charge in [-0.05, 0) is 61.4 Å². The summed E-state index contributed by atoms with van der Waals surface area (Å²) in [7, 11) is 0. The molecule has 2 aromatic carbocycles. The Balaban J connectivity index is 1.29. The zero-order valence-electron chi connectivity index (χ0n) is 15.8. The van der Waals surface area contributed by atoms with Crippen LogP contribution in [0.2, 0.25) is 5.02 Å². The summed E-state index contributed by atoms with van der Waals surface area (Å²) >= 11 is 9.29. The first kappa shape index (κ1) is 20.0. The number of carbonyl (C=O) groups excluding carboxylic acids is 2. The molecule has 2 aliphatic heterocycles. The molecule has 4 rings (SSSR count). The van der Waals surface area contributed by atoms with Gasteiger partial charge in [-0.1, -0.05) is 33.5 Å². The second kappa shape index (κ2) is 8.22. The van der Waals surface area contributed by atoms with Gasteiger partial charge in [0.25, 0.3) is 11.8 Å². The van der Waals surface area contributed by atoms with Crippen molar-refractivity contribution in [3.05, 3.63) is 69.2 Å². The summed E-state index contributed by atoms with van der Waals surface area (Å²) in [6.07, 6.45) is 1.83. The van der Waals surface area contributed by atoms with Crippen LogP contribution in [-0.4, -0.2) is 47.8 Å². The highest BCUT2D eigenvalue weighted by atomic mass is 79.9. The number of piperidine rings is 1. The Morgan fingerprint density at radius 2 is 1.55 bits per heavy atom. The van der Waals surface area contributed by atoms with Gasteiger partial charge in [0, 0.05) is 58.1 Å². The van der Waals surface area contributed by atoms with E-state index in [0.29, 0.717) is 23.7 Å². The number of halogens is 2. The Morgan fingerprint density at radius 1 is 0.931 bits per heavy atom. The lowest BCUT2D eigenvalue weighted by Gasteiger charge is -2.53. The molecule has 6 heteroatoms. The Morgan fingerprint density at radius 3 is 2.17 bits per heavy atom. The lowest BCUT2D eigenvalue weighted by atomic mass is 9.72. The summed E-state index contributed by atoms with van der Waals surface area (Å²) in [6, 6.07) is 14.6. The molecule has 0 unspecified atom stereocenters. The van der Waals surface area contributed by atoms with Crippen LogP contribution in [0, 0.1) is 17.3 Å². The molecule has 0 atom stereocenters. The molecule has 2 aromatic rings. The van der Waals surface area contributed by atoms with Crippen LogP contribution in [0.1, 0.15) is 28.8 Å². The molecule has 1 spiro atoms. The molecule has 2 aliphatic rings. The molecule has 29 heavy (non-hydrogen) atoms. The highest BCUT2D eigenvalue weighted by Gasteiger charge is 2.46. The largest absolute Gasteiger partial charge is 0.339 e. The van der Waals surface area contributed by atoms with Gasteiger partial charge in [0.1, 0.15) is 0 Å². The van der Waals surface area contributed by atoms with Crippen LogP contribution in [0.3, 0.4) is 0 Å². The topological polar surface area (TPSA) is 40.6 Å². The Bertz CT molecular complexity index is 976. The smallest absolute Gasteiger partial charge is 0.298 e. The van der Waals surface area contributed by atoms with Crippen molar-refractivity contribution in [3.63, 3.8) is 0 Å². The molecule has 4 nitrogen and oxygen atoms in total. The quantitative estimate of drug-likeness (QED) is 0.584. The average Bonchev–Trinajstić information content (AvgIpc) is 2.71. The van der Waals surface area contributed by atoms with Crippen molar-refractivity contribution in [2.75, 3.05) is 26.2 Å². The van der Waals surface area contributed by atoms with Crippen molar-refractivity contribution >= 4 is 39.3 Å². The van der Waals surface area contributed by atoms with Crippen molar-refractivity contribution in [2.45, 2.75) is 12.8 Å². The molecule has 0 aliphatic carbocycles. The van der Waals surface area contributed by atoms with Gasteiger partial charge in [-0.3, -0.25) is 9.59 Å². The van der Waals surface area contributed by atoms with Gasteiger partial charge in [0.15, 0.2) is 0 Å². The first-order chi connectivity index (χ1) is 13.9. The molecule has 0 radical (unpaired) electrons. The average molecular weight is 472 g/mol. The third kappa shape index (κ3) is 4.49. The molecule has 2 amide bonds. The third-order valence-electron chi connectivity index (χ3n) is 5.70. The Labute approximate surface area is 184 Å². The number of carbonyl (C=O) groups is 2. The molecule has 0 saturated carbocycles. The number of hydrogen-bond acceptors (Lipinski definition) is 2. The fraction of sp³-hybridized carbons (Fsp3) is 0.304. The maximum Gasteiger partial charge on any atom is 0.298 e. The van der Waals surface area contributed by atoms with Gasteiger partial charge in [0.2, 0.25) is 0 Å². The number of amides is 2. The minimum Gasteiger partial charge on any atom is -0.339 e. The highest BCUT2D eigenvalue weighted by Crippen LogP contribution is 2.40. The van der Waals surface area contributed by atoms with E-state index in [4.69, 9.17) is 11.6 Å². The summed E-state index contributed by atoms with van der Waals surface area (Å²) in [6.45, 7) is 2.88. The van der Waals surface area contributed by atoms with Gasteiger partial charge in [-0.15, -0.1) is 0 Å². The van der Waals surface area contributed by atoms with Crippen molar-refractivity contribution in [2.24, 2.45) is 5.41 Å². The lowest BCUT2D eigenvalue weighted by Crippen LogP contribution is -2.62. The first-order valence-corrected chi connectivity index (χ1v) is 10.7. The number of benzene rings is 2. The number of nitrogens with zero attached hydrogens (tertiary/aromatic N) is 2. The van der Waals surface area contributed by atoms with E-state index < -0.39 is 0 Å². The fourth-order valence-corrected chi connectivity index (χ4v) is 4.31. The zero-order valence-corrected chi connectivity index (χ0v) is 18.2. The maximum atomic E-state index is 12.6. The van der Waals surface area contributed by atoms with E-state index in [9.17, 15) is 9.59 Å². The van der Waals surface area contributed by atoms with Crippen molar-refractivity contribution < 1.29 is 9.59 Å². The predicted octanol–water partition coefficient (Wildman–Crippen LogP) is 4.22. The molecule has 148 valence electrons. The van der Waals surface area contributed by atoms with Crippen LogP contribution >= 0.6 is 27.5 Å². The summed E-state index contributed by atoms with van der Waals surface area (Å²) in [5, 5.41) is 0.626. The van der Waals surface area contributed by atoms with E-state index >= 15 is 0 Å². The van der Waals surface area contributed by atoms with Crippen molar-refractivity contribution in [1.82, 2.24) is 9.80 Å². The fourth-order valence-electron chi connectivity index (χ4n) is 3.92. The number of rotatable bonds is 1. The minimum atomic E-state index is -0.127. The van der Waals surface area contributed by atoms with Crippen LogP contribution in [0.25, 0.3) is 0 Å². The SMILES string of the molecule is O=C(C#Cc1ccc(Br)cc1)N1CC2(CCN(C(=O)c3ccc(Cl)cc3)CC2)C1. The van der Waals surface area contributed by atoms with Crippen LogP contribution in [0.5, 0.6) is 0 Å². The summed E-state index contributed by atoms with van der Waals surface area (Å²) in [5.41, 5.74) is 1.62. The van der Waals surface area contributed by atoms with E-state index in [2.05, 4.69) is 27.8 Å². The van der Waals surface area contributed by atoms with Gasteiger partial charge in [-0.2, -0.15) is 0 Å². The number of hydrogen-bond donors (Lipinski definition) is 0. The van der Waals surface area contributed by atoms with Crippen LogP contribution in [0.4, 0.5) is 0 Å². The van der Waals surface area contributed by atoms with Gasteiger partial charge in [0.05, 0.1) is 0 Å². The summed E-state index contributed by atoms with van der Waals surface area (Å²) in [5.74, 6) is 5.59. The Hall–Kier alpha value is -2.29. The Kier molecular flexibility index (Phi) is 5.67. The summed E-state index contributed by atoms with van der Waals surface area (Å²) in [4.78, 5) is 28.7. The van der Waals surface area contributed by atoms with Crippen LogP contribution in [0.15, 0.2) is 53.0 Å². The van der Waals surface area contributed by atoms with E-state index in [1.54, 1.807) is 24.3 Å². The van der Waals surface area contributed by atoms with Crippen LogP contribution in [-0.2, 0) is 4.79 Å². The molecule has 0 N–H and O–H groups in total. The molecule has 2 heterocycles. The second-order valence-electron chi connectivity index (χ2n) is 7.72. The predicted molar refractivity (Wildman–Crippen MR) is 117 cm³/mol. The zero-order chi connectivity index (χ0) is 20.4. The normalized spacial score (nSPS) is 17.3. The first-order valence-electron chi connectivity index (χ1n) is 9.56. The van der Waals surface area contributed by atoms with Crippen molar-refractivity contribution in [3.8, 4) is 11.8 Å². The monoisotopic (exact) mass is 470 g/mol. The molecule has 2 fully saturated rings. The lowest BCUT2D eigenvalue weighted by molar-refractivity contribution is -0.139. The van der Waals surface area contributed by atoms with E-state index in [1.807, 2.05) is 34.1 Å². The molecule has 2 saturated heterocycles. The van der Waals surface area contributed by atoms with Crippen molar-refractivity contribution in [1.29, 1.82) is 0 Å². The van der Waals surface area contributed by atoms with E-state index in [0.717, 1.165) is 36.0 Å². The highest BCUT2D eigenvalue weighted by molar-refractivity contribution is 9.10.